The summed E-state index contributed by atoms with van der Waals surface area (Å²) in [6, 6.07) is 8.69. The van der Waals surface area contributed by atoms with E-state index >= 15 is 0 Å². The highest BCUT2D eigenvalue weighted by molar-refractivity contribution is 5.85. The number of aromatic carboxylic acids is 1. The van der Waals surface area contributed by atoms with Crippen LogP contribution in [0.15, 0.2) is 30.3 Å². The lowest BCUT2D eigenvalue weighted by Gasteiger charge is -2.08. The summed E-state index contributed by atoms with van der Waals surface area (Å²) in [4.78, 5) is 19.0. The molecule has 2 aromatic rings. The van der Waals surface area contributed by atoms with Gasteiger partial charge in [0.15, 0.2) is 5.69 Å². The van der Waals surface area contributed by atoms with Gasteiger partial charge in [-0.15, -0.1) is 0 Å². The molecule has 0 saturated heterocycles. The number of carboxylic acids is 1. The summed E-state index contributed by atoms with van der Waals surface area (Å²) in [5.74, 6) is -0.0498. The Kier molecular flexibility index (Phi) is 4.14. The van der Waals surface area contributed by atoms with Crippen LogP contribution in [0.1, 0.15) is 23.1 Å². The van der Waals surface area contributed by atoms with Crippen molar-refractivity contribution in [3.63, 3.8) is 0 Å². The van der Waals surface area contributed by atoms with Gasteiger partial charge in [-0.25, -0.2) is 14.8 Å². The Morgan fingerprint density at radius 1 is 1.30 bits per heavy atom. The minimum atomic E-state index is -1.08. The van der Waals surface area contributed by atoms with Crippen molar-refractivity contribution in [1.82, 2.24) is 9.97 Å². The van der Waals surface area contributed by atoms with Gasteiger partial charge < -0.3 is 15.2 Å². The minimum Gasteiger partial charge on any atom is -0.494 e. The fourth-order valence-electron chi connectivity index (χ4n) is 1.66. The molecule has 1 aromatic carbocycles. The molecule has 20 heavy (non-hydrogen) atoms. The number of nitrogens with one attached hydrogen (secondary N) is 1. The Morgan fingerprint density at radius 2 is 2.00 bits per heavy atom. The average molecular weight is 273 g/mol. The number of hydrogen-bond acceptors (Lipinski definition) is 5. The third-order valence-corrected chi connectivity index (χ3v) is 2.49. The van der Waals surface area contributed by atoms with E-state index in [9.17, 15) is 4.79 Å². The second-order valence-electron chi connectivity index (χ2n) is 4.11. The van der Waals surface area contributed by atoms with Crippen LogP contribution in [-0.2, 0) is 0 Å². The van der Waals surface area contributed by atoms with Crippen LogP contribution in [0.4, 0.5) is 11.6 Å². The maximum Gasteiger partial charge on any atom is 0.354 e. The van der Waals surface area contributed by atoms with E-state index in [1.54, 1.807) is 6.92 Å². The fraction of sp³-hybridized carbons (Fsp3) is 0.214. The number of ether oxygens (including phenoxy) is 1. The Labute approximate surface area is 116 Å². The molecule has 0 radical (unpaired) electrons. The number of carboxylic acid groups (broad SMARTS) is 1. The van der Waals surface area contributed by atoms with Crippen molar-refractivity contribution in [2.45, 2.75) is 13.8 Å². The molecule has 104 valence electrons. The molecule has 1 heterocycles. The van der Waals surface area contributed by atoms with E-state index < -0.39 is 5.97 Å². The van der Waals surface area contributed by atoms with Crippen molar-refractivity contribution < 1.29 is 14.6 Å². The van der Waals surface area contributed by atoms with Crippen LogP contribution in [0.5, 0.6) is 5.75 Å². The molecule has 2 rings (SSSR count). The van der Waals surface area contributed by atoms with Crippen LogP contribution in [0.3, 0.4) is 0 Å². The highest BCUT2D eigenvalue weighted by atomic mass is 16.5. The second kappa shape index (κ2) is 6.01. The molecule has 1 aromatic heterocycles. The number of aryl methyl sites for hydroxylation is 1. The molecule has 2 N–H and O–H groups in total. The molecule has 0 atom stereocenters. The maximum absolute atomic E-state index is 10.9. The Bertz CT molecular complexity index is 612. The Balaban J connectivity index is 2.19. The molecule has 0 bridgehead atoms. The average Bonchev–Trinajstić information content (AvgIpc) is 2.40. The summed E-state index contributed by atoms with van der Waals surface area (Å²) in [6.07, 6.45) is 0. The van der Waals surface area contributed by atoms with E-state index in [1.807, 2.05) is 31.2 Å². The smallest absolute Gasteiger partial charge is 0.354 e. The molecule has 0 fully saturated rings. The second-order valence-corrected chi connectivity index (χ2v) is 4.11. The lowest BCUT2D eigenvalue weighted by Crippen LogP contribution is -2.06. The van der Waals surface area contributed by atoms with Crippen molar-refractivity contribution in [1.29, 1.82) is 0 Å². The summed E-state index contributed by atoms with van der Waals surface area (Å²) in [7, 11) is 0. The van der Waals surface area contributed by atoms with Crippen molar-refractivity contribution in [2.75, 3.05) is 11.9 Å². The van der Waals surface area contributed by atoms with Gasteiger partial charge in [-0.05, 0) is 44.2 Å². The predicted octanol–water partition coefficient (Wildman–Crippen LogP) is 2.63. The highest BCUT2D eigenvalue weighted by Gasteiger charge is 2.08. The summed E-state index contributed by atoms with van der Waals surface area (Å²) in [5, 5.41) is 11.9. The van der Waals surface area contributed by atoms with E-state index in [-0.39, 0.29) is 11.6 Å². The summed E-state index contributed by atoms with van der Waals surface area (Å²) in [5.41, 5.74) is 1.31. The monoisotopic (exact) mass is 273 g/mol. The topological polar surface area (TPSA) is 84.3 Å². The van der Waals surface area contributed by atoms with Gasteiger partial charge in [-0.2, -0.15) is 0 Å². The largest absolute Gasteiger partial charge is 0.494 e. The molecule has 0 spiro atoms. The normalized spacial score (nSPS) is 10.1. The van der Waals surface area contributed by atoms with Crippen LogP contribution in [0.2, 0.25) is 0 Å². The molecule has 6 nitrogen and oxygen atoms in total. The first-order valence-electron chi connectivity index (χ1n) is 6.17. The number of benzene rings is 1. The number of carbonyl (C=O) groups is 1. The van der Waals surface area contributed by atoms with Gasteiger partial charge in [-0.1, -0.05) is 0 Å². The first-order valence-corrected chi connectivity index (χ1v) is 6.17. The molecule has 0 unspecified atom stereocenters. The van der Waals surface area contributed by atoms with Crippen molar-refractivity contribution in [3.05, 3.63) is 41.7 Å². The lowest BCUT2D eigenvalue weighted by atomic mass is 10.3. The summed E-state index contributed by atoms with van der Waals surface area (Å²) >= 11 is 0. The molecule has 0 saturated carbocycles. The molecule has 0 amide bonds. The SMILES string of the molecule is CCOc1ccc(Nc2nc(C)cc(C(=O)O)n2)cc1. The van der Waals surface area contributed by atoms with Crippen molar-refractivity contribution in [3.8, 4) is 5.75 Å². The van der Waals surface area contributed by atoms with Gasteiger partial charge in [0, 0.05) is 11.4 Å². The van der Waals surface area contributed by atoms with Crippen molar-refractivity contribution in [2.24, 2.45) is 0 Å². The van der Waals surface area contributed by atoms with Crippen LogP contribution in [0.25, 0.3) is 0 Å². The highest BCUT2D eigenvalue weighted by Crippen LogP contribution is 2.18. The summed E-state index contributed by atoms with van der Waals surface area (Å²) < 4.78 is 5.34. The number of hydrogen-bond donors (Lipinski definition) is 2. The van der Waals surface area contributed by atoms with E-state index in [1.165, 1.54) is 6.07 Å². The number of nitrogens with zero attached hydrogens (tertiary/aromatic N) is 2. The zero-order valence-electron chi connectivity index (χ0n) is 11.3. The molecular weight excluding hydrogens is 258 g/mol. The first-order chi connectivity index (χ1) is 9.58. The molecule has 0 aliphatic heterocycles. The maximum atomic E-state index is 10.9. The van der Waals surface area contributed by atoms with Gasteiger partial charge in [0.1, 0.15) is 5.75 Å². The standard InChI is InChI=1S/C14H15N3O3/c1-3-20-11-6-4-10(5-7-11)16-14-15-9(2)8-12(17-14)13(18)19/h4-8H,3H2,1-2H3,(H,18,19)(H,15,16,17). The molecule has 0 aliphatic carbocycles. The number of rotatable bonds is 5. The first kappa shape index (κ1) is 13.8. The quantitative estimate of drug-likeness (QED) is 0.871. The van der Waals surface area contributed by atoms with E-state index in [4.69, 9.17) is 9.84 Å². The van der Waals surface area contributed by atoms with Crippen LogP contribution in [0, 0.1) is 6.92 Å². The minimum absolute atomic E-state index is 0.0362. The van der Waals surface area contributed by atoms with E-state index in [0.29, 0.717) is 12.3 Å². The van der Waals surface area contributed by atoms with Gasteiger partial charge in [0.25, 0.3) is 0 Å². The van der Waals surface area contributed by atoms with Crippen LogP contribution >= 0.6 is 0 Å². The number of aromatic nitrogens is 2. The Hall–Kier alpha value is -2.63. The van der Waals surface area contributed by atoms with Crippen LogP contribution in [-0.4, -0.2) is 27.7 Å². The molecule has 0 aliphatic rings. The summed E-state index contributed by atoms with van der Waals surface area (Å²) in [6.45, 7) is 4.24. The van der Waals surface area contributed by atoms with E-state index in [2.05, 4.69) is 15.3 Å². The van der Waals surface area contributed by atoms with E-state index in [0.717, 1.165) is 11.4 Å². The van der Waals surface area contributed by atoms with Gasteiger partial charge in [-0.3, -0.25) is 0 Å². The lowest BCUT2D eigenvalue weighted by molar-refractivity contribution is 0.0690. The third kappa shape index (κ3) is 3.44. The fourth-order valence-corrected chi connectivity index (χ4v) is 1.66. The number of anilines is 2. The van der Waals surface area contributed by atoms with Gasteiger partial charge >= 0.3 is 5.97 Å². The predicted molar refractivity (Wildman–Crippen MR) is 74.6 cm³/mol. The zero-order valence-corrected chi connectivity index (χ0v) is 11.3. The van der Waals surface area contributed by atoms with Gasteiger partial charge in [0.2, 0.25) is 5.95 Å². The zero-order chi connectivity index (χ0) is 14.5. The van der Waals surface area contributed by atoms with Crippen molar-refractivity contribution >= 4 is 17.6 Å². The van der Waals surface area contributed by atoms with Crippen LogP contribution < -0.4 is 10.1 Å². The third-order valence-electron chi connectivity index (χ3n) is 2.49. The van der Waals surface area contributed by atoms with Gasteiger partial charge in [0.05, 0.1) is 6.61 Å². The molecular formula is C14H15N3O3. The molecule has 6 heteroatoms. The Morgan fingerprint density at radius 3 is 2.60 bits per heavy atom.